The molecule has 3 atom stereocenters. The van der Waals surface area contributed by atoms with E-state index in [2.05, 4.69) is 19.2 Å². The molecule has 0 heterocycles. The molecule has 36 heavy (non-hydrogen) atoms. The fourth-order valence-corrected chi connectivity index (χ4v) is 4.34. The molecule has 0 saturated carbocycles. The van der Waals surface area contributed by atoms with Crippen molar-refractivity contribution >= 4 is 13.7 Å². The Bertz CT molecular complexity index is 624. The summed E-state index contributed by atoms with van der Waals surface area (Å²) in [5.74, 6) is -0.212. The molecule has 0 aromatic carbocycles. The van der Waals surface area contributed by atoms with E-state index in [0.29, 0.717) is 17.4 Å². The topological polar surface area (TPSA) is 108 Å². The van der Waals surface area contributed by atoms with Crippen LogP contribution in [0.3, 0.4) is 0 Å². The first-order valence-corrected chi connectivity index (χ1v) is 15.5. The zero-order valence-corrected chi connectivity index (χ0v) is 24.6. The van der Waals surface area contributed by atoms with Crippen molar-refractivity contribution in [1.29, 1.82) is 0 Å². The summed E-state index contributed by atoms with van der Waals surface area (Å²) >= 11 is 0. The van der Waals surface area contributed by atoms with Crippen LogP contribution in [-0.2, 0) is 18.4 Å². The SMILES string of the molecule is CCCCCCC/C=C/C(O)C(COP(=O)([O-])OCC[N+](C)(C)C)NC(=O)CCCCCCCCC. The van der Waals surface area contributed by atoms with E-state index in [0.717, 1.165) is 38.5 Å². The van der Waals surface area contributed by atoms with E-state index in [4.69, 9.17) is 9.05 Å². The third kappa shape index (κ3) is 22.4. The highest BCUT2D eigenvalue weighted by molar-refractivity contribution is 7.45. The zero-order valence-electron chi connectivity index (χ0n) is 23.7. The minimum absolute atomic E-state index is 0.0000469. The van der Waals surface area contributed by atoms with Crippen LogP contribution in [0.15, 0.2) is 12.2 Å². The zero-order chi connectivity index (χ0) is 27.3. The van der Waals surface area contributed by atoms with Crippen LogP contribution in [-0.4, -0.2) is 68.5 Å². The first-order valence-electron chi connectivity index (χ1n) is 14.1. The summed E-state index contributed by atoms with van der Waals surface area (Å²) in [6, 6.07) is -0.873. The van der Waals surface area contributed by atoms with Crippen molar-refractivity contribution in [2.45, 2.75) is 116 Å². The van der Waals surface area contributed by atoms with E-state index in [9.17, 15) is 19.4 Å². The molecule has 0 aliphatic carbocycles. The van der Waals surface area contributed by atoms with Crippen molar-refractivity contribution in [3.63, 3.8) is 0 Å². The summed E-state index contributed by atoms with van der Waals surface area (Å²) in [6.45, 7) is 4.48. The van der Waals surface area contributed by atoms with E-state index in [1.54, 1.807) is 6.08 Å². The van der Waals surface area contributed by atoms with Crippen LogP contribution in [0.1, 0.15) is 104 Å². The summed E-state index contributed by atoms with van der Waals surface area (Å²) in [7, 11) is 1.25. The smallest absolute Gasteiger partial charge is 0.268 e. The molecule has 0 aliphatic heterocycles. The predicted octanol–water partition coefficient (Wildman–Crippen LogP) is 5.10. The summed E-state index contributed by atoms with van der Waals surface area (Å²) < 4.78 is 22.8. The quantitative estimate of drug-likeness (QED) is 0.0772. The van der Waals surface area contributed by atoms with Crippen LogP contribution in [0.2, 0.25) is 0 Å². The molecule has 8 nitrogen and oxygen atoms in total. The molecule has 9 heteroatoms. The van der Waals surface area contributed by atoms with Gasteiger partial charge in [-0.3, -0.25) is 9.36 Å². The lowest BCUT2D eigenvalue weighted by molar-refractivity contribution is -0.870. The van der Waals surface area contributed by atoms with Gasteiger partial charge < -0.3 is 28.8 Å². The van der Waals surface area contributed by atoms with Crippen molar-refractivity contribution in [3.05, 3.63) is 12.2 Å². The van der Waals surface area contributed by atoms with E-state index >= 15 is 0 Å². The highest BCUT2D eigenvalue weighted by Crippen LogP contribution is 2.38. The molecule has 0 aromatic rings. The minimum atomic E-state index is -4.55. The first kappa shape index (κ1) is 35.2. The Labute approximate surface area is 221 Å². The van der Waals surface area contributed by atoms with Gasteiger partial charge in [-0.15, -0.1) is 0 Å². The maximum atomic E-state index is 12.5. The molecule has 0 radical (unpaired) electrons. The number of aliphatic hydroxyl groups excluding tert-OH is 1. The van der Waals surface area contributed by atoms with Crippen LogP contribution in [0.5, 0.6) is 0 Å². The van der Waals surface area contributed by atoms with Crippen molar-refractivity contribution in [2.75, 3.05) is 40.9 Å². The van der Waals surface area contributed by atoms with Gasteiger partial charge in [0.15, 0.2) is 0 Å². The van der Waals surface area contributed by atoms with Gasteiger partial charge in [-0.1, -0.05) is 90.2 Å². The van der Waals surface area contributed by atoms with Gasteiger partial charge in [0, 0.05) is 6.42 Å². The lowest BCUT2D eigenvalue weighted by Crippen LogP contribution is -2.45. The van der Waals surface area contributed by atoms with Gasteiger partial charge >= 0.3 is 0 Å². The number of phosphoric acid groups is 1. The standard InChI is InChI=1S/C27H55N2O6P/c1-6-8-10-12-14-16-18-20-26(30)25(24-35-36(32,33)34-23-22-29(3,4)5)28-27(31)21-19-17-15-13-11-9-7-2/h18,20,25-26,30H,6-17,19,21-24H2,1-5H3,(H-,28,31,32,33)/b20-18+. The van der Waals surface area contributed by atoms with Crippen LogP contribution < -0.4 is 10.2 Å². The number of amides is 1. The Hall–Kier alpha value is -0.760. The van der Waals surface area contributed by atoms with Gasteiger partial charge in [0.2, 0.25) is 5.91 Å². The Morgan fingerprint density at radius 1 is 0.944 bits per heavy atom. The molecule has 0 aromatic heterocycles. The third-order valence-corrected chi connectivity index (χ3v) is 6.96. The van der Waals surface area contributed by atoms with Crippen LogP contribution in [0, 0.1) is 0 Å². The van der Waals surface area contributed by atoms with E-state index in [1.165, 1.54) is 44.9 Å². The number of phosphoric ester groups is 1. The summed E-state index contributed by atoms with van der Waals surface area (Å²) in [4.78, 5) is 24.7. The predicted molar refractivity (Wildman–Crippen MR) is 145 cm³/mol. The van der Waals surface area contributed by atoms with Crippen molar-refractivity contribution < 1.29 is 32.9 Å². The normalized spacial score (nSPS) is 15.6. The molecule has 3 unspecified atom stereocenters. The number of hydrogen-bond donors (Lipinski definition) is 2. The largest absolute Gasteiger partial charge is 0.756 e. The van der Waals surface area contributed by atoms with Gasteiger partial charge in [0.1, 0.15) is 13.2 Å². The summed E-state index contributed by atoms with van der Waals surface area (Å²) in [5, 5.41) is 13.4. The van der Waals surface area contributed by atoms with Crippen molar-refractivity contribution in [3.8, 4) is 0 Å². The number of carbonyl (C=O) groups excluding carboxylic acids is 1. The second-order valence-electron chi connectivity index (χ2n) is 10.8. The number of aliphatic hydroxyl groups is 1. The van der Waals surface area contributed by atoms with Crippen molar-refractivity contribution in [2.24, 2.45) is 0 Å². The minimum Gasteiger partial charge on any atom is -0.756 e. The number of likely N-dealkylation sites (N-methyl/N-ethyl adjacent to an activating group) is 1. The van der Waals surface area contributed by atoms with E-state index in [-0.39, 0.29) is 19.1 Å². The number of unbranched alkanes of at least 4 members (excludes halogenated alkanes) is 11. The lowest BCUT2D eigenvalue weighted by Gasteiger charge is -2.29. The molecule has 0 spiro atoms. The molecule has 0 fully saturated rings. The Morgan fingerprint density at radius 2 is 1.50 bits per heavy atom. The maximum absolute atomic E-state index is 12.5. The average molecular weight is 535 g/mol. The highest BCUT2D eigenvalue weighted by atomic mass is 31.2. The number of nitrogens with zero attached hydrogens (tertiary/aromatic N) is 1. The molecule has 0 bridgehead atoms. The second-order valence-corrected chi connectivity index (χ2v) is 12.2. The summed E-state index contributed by atoms with van der Waals surface area (Å²) in [6.07, 6.45) is 17.1. The van der Waals surface area contributed by atoms with Gasteiger partial charge in [-0.2, -0.15) is 0 Å². The maximum Gasteiger partial charge on any atom is 0.268 e. The third-order valence-electron chi connectivity index (χ3n) is 6.00. The van der Waals surface area contributed by atoms with Crippen molar-refractivity contribution in [1.82, 2.24) is 5.32 Å². The number of hydrogen-bond acceptors (Lipinski definition) is 6. The fraction of sp³-hybridized carbons (Fsp3) is 0.889. The molecule has 0 rings (SSSR count). The molecule has 0 saturated heterocycles. The lowest BCUT2D eigenvalue weighted by atomic mass is 10.1. The van der Waals surface area contributed by atoms with Crippen LogP contribution in [0.4, 0.5) is 0 Å². The highest BCUT2D eigenvalue weighted by Gasteiger charge is 2.23. The van der Waals surface area contributed by atoms with E-state index < -0.39 is 20.0 Å². The number of allylic oxidation sites excluding steroid dienone is 1. The molecule has 214 valence electrons. The van der Waals surface area contributed by atoms with E-state index in [1.807, 2.05) is 27.2 Å². The average Bonchev–Trinajstić information content (AvgIpc) is 2.79. The fourth-order valence-electron chi connectivity index (χ4n) is 3.62. The molecule has 0 aliphatic rings. The number of nitrogens with one attached hydrogen (secondary N) is 1. The molecular formula is C27H55N2O6P. The van der Waals surface area contributed by atoms with Gasteiger partial charge in [0.05, 0.1) is 39.9 Å². The number of carbonyl (C=O) groups is 1. The molecule has 2 N–H and O–H groups in total. The van der Waals surface area contributed by atoms with Gasteiger partial charge in [-0.25, -0.2) is 0 Å². The Balaban J connectivity index is 4.74. The monoisotopic (exact) mass is 534 g/mol. The van der Waals surface area contributed by atoms with Crippen LogP contribution in [0.25, 0.3) is 0 Å². The number of quaternary nitrogens is 1. The Kier molecular flexibility index (Phi) is 20.8. The Morgan fingerprint density at radius 3 is 2.08 bits per heavy atom. The summed E-state index contributed by atoms with van der Waals surface area (Å²) in [5.41, 5.74) is 0. The molecule has 1 amide bonds. The number of rotatable bonds is 24. The van der Waals surface area contributed by atoms with Crippen LogP contribution >= 0.6 is 7.82 Å². The molecular weight excluding hydrogens is 479 g/mol. The first-order chi connectivity index (χ1) is 17.0. The van der Waals surface area contributed by atoms with Gasteiger partial charge in [-0.05, 0) is 19.3 Å². The second kappa shape index (κ2) is 21.2. The van der Waals surface area contributed by atoms with Gasteiger partial charge in [0.25, 0.3) is 7.82 Å².